The van der Waals surface area contributed by atoms with Crippen LogP contribution in [0.25, 0.3) is 22.0 Å². The molecule has 1 heterocycles. The molecule has 0 atom stereocenters. The molecule has 1 aromatic heterocycles. The molecule has 0 aliphatic rings. The van der Waals surface area contributed by atoms with Crippen LogP contribution < -0.4 is 4.74 Å². The molecular formula is C15H13NO2. The minimum atomic E-state index is 0.185. The molecule has 2 N–H and O–H groups in total. The molecule has 3 nitrogen and oxygen atoms in total. The van der Waals surface area contributed by atoms with E-state index >= 15 is 0 Å². The highest BCUT2D eigenvalue weighted by Crippen LogP contribution is 2.37. The lowest BCUT2D eigenvalue weighted by Crippen LogP contribution is -1.83. The Bertz CT molecular complexity index is 701. The van der Waals surface area contributed by atoms with E-state index in [9.17, 15) is 5.11 Å². The highest BCUT2D eigenvalue weighted by molar-refractivity contribution is 5.99. The second-order valence-corrected chi connectivity index (χ2v) is 4.13. The highest BCUT2D eigenvalue weighted by atomic mass is 16.5. The summed E-state index contributed by atoms with van der Waals surface area (Å²) in [5.41, 5.74) is 2.67. The summed E-state index contributed by atoms with van der Waals surface area (Å²) < 4.78 is 5.21. The SMILES string of the molecule is COc1cccc(-c2c(O)[nH]c3ccccc23)c1. The molecule has 3 heteroatoms. The van der Waals surface area contributed by atoms with Crippen molar-refractivity contribution in [2.24, 2.45) is 0 Å². The van der Waals surface area contributed by atoms with E-state index in [0.717, 1.165) is 27.8 Å². The number of benzene rings is 2. The summed E-state index contributed by atoms with van der Waals surface area (Å²) in [7, 11) is 1.63. The van der Waals surface area contributed by atoms with E-state index in [1.54, 1.807) is 7.11 Å². The maximum Gasteiger partial charge on any atom is 0.197 e. The average Bonchev–Trinajstić information content (AvgIpc) is 2.74. The van der Waals surface area contributed by atoms with Crippen molar-refractivity contribution in [1.82, 2.24) is 4.98 Å². The van der Waals surface area contributed by atoms with Crippen molar-refractivity contribution >= 4 is 10.9 Å². The van der Waals surface area contributed by atoms with Crippen LogP contribution in [0, 0.1) is 0 Å². The number of hydrogen-bond acceptors (Lipinski definition) is 2. The molecule has 3 rings (SSSR count). The number of nitrogens with one attached hydrogen (secondary N) is 1. The van der Waals surface area contributed by atoms with Crippen molar-refractivity contribution in [3.05, 3.63) is 48.5 Å². The molecule has 0 bridgehead atoms. The fourth-order valence-corrected chi connectivity index (χ4v) is 2.20. The smallest absolute Gasteiger partial charge is 0.197 e. The van der Waals surface area contributed by atoms with Gasteiger partial charge in [-0.15, -0.1) is 0 Å². The van der Waals surface area contributed by atoms with Gasteiger partial charge in [-0.25, -0.2) is 0 Å². The molecule has 3 aromatic rings. The zero-order valence-electron chi connectivity index (χ0n) is 9.97. The summed E-state index contributed by atoms with van der Waals surface area (Å²) in [6, 6.07) is 15.5. The van der Waals surface area contributed by atoms with Crippen molar-refractivity contribution in [2.75, 3.05) is 7.11 Å². The molecule has 0 unspecified atom stereocenters. The summed E-state index contributed by atoms with van der Waals surface area (Å²) in [6.45, 7) is 0. The second-order valence-electron chi connectivity index (χ2n) is 4.13. The molecular weight excluding hydrogens is 226 g/mol. The Hall–Kier alpha value is -2.42. The summed E-state index contributed by atoms with van der Waals surface area (Å²) in [5, 5.41) is 11.1. The number of H-pyrrole nitrogens is 1. The third kappa shape index (κ3) is 1.61. The minimum Gasteiger partial charge on any atom is -0.497 e. The van der Waals surface area contributed by atoms with Gasteiger partial charge in [0.15, 0.2) is 5.88 Å². The zero-order valence-corrected chi connectivity index (χ0v) is 9.97. The van der Waals surface area contributed by atoms with Crippen molar-refractivity contribution in [3.63, 3.8) is 0 Å². The Morgan fingerprint density at radius 2 is 1.89 bits per heavy atom. The van der Waals surface area contributed by atoms with Gasteiger partial charge in [-0.05, 0) is 23.8 Å². The van der Waals surface area contributed by atoms with Crippen LogP contribution in [0.3, 0.4) is 0 Å². The minimum absolute atomic E-state index is 0.185. The van der Waals surface area contributed by atoms with Crippen molar-refractivity contribution in [1.29, 1.82) is 0 Å². The van der Waals surface area contributed by atoms with E-state index in [-0.39, 0.29) is 5.88 Å². The van der Waals surface area contributed by atoms with E-state index < -0.39 is 0 Å². The van der Waals surface area contributed by atoms with Gasteiger partial charge >= 0.3 is 0 Å². The average molecular weight is 239 g/mol. The van der Waals surface area contributed by atoms with Crippen LogP contribution in [0.1, 0.15) is 0 Å². The predicted octanol–water partition coefficient (Wildman–Crippen LogP) is 3.55. The number of para-hydroxylation sites is 1. The number of aromatic nitrogens is 1. The normalized spacial score (nSPS) is 10.7. The Morgan fingerprint density at radius 1 is 1.06 bits per heavy atom. The van der Waals surface area contributed by atoms with Crippen molar-refractivity contribution < 1.29 is 9.84 Å². The molecule has 0 saturated carbocycles. The van der Waals surface area contributed by atoms with Gasteiger partial charge in [-0.3, -0.25) is 0 Å². The van der Waals surface area contributed by atoms with Crippen LogP contribution in [-0.2, 0) is 0 Å². The summed E-state index contributed by atoms with van der Waals surface area (Å²) in [6.07, 6.45) is 0. The maximum atomic E-state index is 10.1. The Balaban J connectivity index is 2.27. The number of methoxy groups -OCH3 is 1. The van der Waals surface area contributed by atoms with E-state index in [4.69, 9.17) is 4.74 Å². The third-order valence-corrected chi connectivity index (χ3v) is 3.04. The van der Waals surface area contributed by atoms with Gasteiger partial charge in [0, 0.05) is 10.9 Å². The molecule has 2 aromatic carbocycles. The van der Waals surface area contributed by atoms with Gasteiger partial charge < -0.3 is 14.8 Å². The van der Waals surface area contributed by atoms with Gasteiger partial charge in [-0.1, -0.05) is 30.3 Å². The number of rotatable bonds is 2. The molecule has 0 saturated heterocycles. The quantitative estimate of drug-likeness (QED) is 0.718. The third-order valence-electron chi connectivity index (χ3n) is 3.04. The molecule has 18 heavy (non-hydrogen) atoms. The fraction of sp³-hybridized carbons (Fsp3) is 0.0667. The van der Waals surface area contributed by atoms with Crippen LogP contribution in [0.4, 0.5) is 0 Å². The largest absolute Gasteiger partial charge is 0.497 e. The first-order chi connectivity index (χ1) is 8.79. The lowest BCUT2D eigenvalue weighted by Gasteiger charge is -2.04. The Morgan fingerprint density at radius 3 is 2.72 bits per heavy atom. The van der Waals surface area contributed by atoms with E-state index in [1.165, 1.54) is 0 Å². The van der Waals surface area contributed by atoms with E-state index in [0.29, 0.717) is 0 Å². The van der Waals surface area contributed by atoms with Crippen LogP contribution in [0.2, 0.25) is 0 Å². The van der Waals surface area contributed by atoms with Gasteiger partial charge in [0.05, 0.1) is 12.7 Å². The fourth-order valence-electron chi connectivity index (χ4n) is 2.20. The second kappa shape index (κ2) is 4.11. The van der Waals surface area contributed by atoms with Crippen LogP contribution >= 0.6 is 0 Å². The van der Waals surface area contributed by atoms with Crippen LogP contribution in [0.5, 0.6) is 11.6 Å². The van der Waals surface area contributed by atoms with E-state index in [1.807, 2.05) is 48.5 Å². The number of ether oxygens (including phenoxy) is 1. The van der Waals surface area contributed by atoms with Gasteiger partial charge in [0.25, 0.3) is 0 Å². The molecule has 90 valence electrons. The molecule has 0 spiro atoms. The number of aromatic hydroxyl groups is 1. The van der Waals surface area contributed by atoms with Crippen molar-refractivity contribution in [2.45, 2.75) is 0 Å². The summed E-state index contributed by atoms with van der Waals surface area (Å²) >= 11 is 0. The van der Waals surface area contributed by atoms with Gasteiger partial charge in [0.1, 0.15) is 5.75 Å². The summed E-state index contributed by atoms with van der Waals surface area (Å²) in [4.78, 5) is 2.98. The molecule has 0 fully saturated rings. The Labute approximate surface area is 105 Å². The van der Waals surface area contributed by atoms with Crippen molar-refractivity contribution in [3.8, 4) is 22.8 Å². The monoisotopic (exact) mass is 239 g/mol. The lowest BCUT2D eigenvalue weighted by atomic mass is 10.0. The number of fused-ring (bicyclic) bond motifs is 1. The Kier molecular flexibility index (Phi) is 2.45. The molecule has 0 aliphatic heterocycles. The lowest BCUT2D eigenvalue weighted by molar-refractivity contribution is 0.415. The van der Waals surface area contributed by atoms with Crippen LogP contribution in [-0.4, -0.2) is 17.2 Å². The molecule has 0 radical (unpaired) electrons. The molecule has 0 aliphatic carbocycles. The first-order valence-corrected chi connectivity index (χ1v) is 5.73. The highest BCUT2D eigenvalue weighted by Gasteiger charge is 2.12. The maximum absolute atomic E-state index is 10.1. The summed E-state index contributed by atoms with van der Waals surface area (Å²) in [5.74, 6) is 0.960. The standard InChI is InChI=1S/C15H13NO2/c1-18-11-6-4-5-10(9-11)14-12-7-2-3-8-13(12)16-15(14)17/h2-9,16-17H,1H3. The van der Waals surface area contributed by atoms with Gasteiger partial charge in [-0.2, -0.15) is 0 Å². The molecule has 0 amide bonds. The first kappa shape index (κ1) is 10.7. The van der Waals surface area contributed by atoms with E-state index in [2.05, 4.69) is 4.98 Å². The number of aromatic amines is 1. The van der Waals surface area contributed by atoms with Crippen LogP contribution in [0.15, 0.2) is 48.5 Å². The zero-order chi connectivity index (χ0) is 12.5. The topological polar surface area (TPSA) is 45.2 Å². The predicted molar refractivity (Wildman–Crippen MR) is 72.0 cm³/mol. The van der Waals surface area contributed by atoms with Gasteiger partial charge in [0.2, 0.25) is 0 Å². The first-order valence-electron chi connectivity index (χ1n) is 5.73. The number of hydrogen-bond donors (Lipinski definition) is 2.